The molecule has 4 unspecified atom stereocenters. The number of aliphatic hydroxyl groups is 2. The van der Waals surface area contributed by atoms with Crippen molar-refractivity contribution >= 4 is 23.5 Å². The molecule has 0 aliphatic carbocycles. The number of ether oxygens (including phenoxy) is 2. The number of aliphatic carboxylic acids is 1. The summed E-state index contributed by atoms with van der Waals surface area (Å²) in [5.41, 5.74) is 5.64. The van der Waals surface area contributed by atoms with E-state index in [0.29, 0.717) is 37.4 Å². The minimum Gasteiger partial charge on any atom is -0.481 e. The van der Waals surface area contributed by atoms with Crippen LogP contribution >= 0.6 is 11.6 Å². The van der Waals surface area contributed by atoms with Crippen molar-refractivity contribution in [2.45, 2.75) is 76.3 Å². The molecule has 2 heterocycles. The second-order valence-electron chi connectivity index (χ2n) is 14.0. The fraction of sp³-hybridized carbons (Fsp3) is 0.381. The van der Waals surface area contributed by atoms with Gasteiger partial charge in [0, 0.05) is 55.5 Å². The van der Waals surface area contributed by atoms with Gasteiger partial charge in [0.1, 0.15) is 0 Å². The minimum atomic E-state index is -0.907. The van der Waals surface area contributed by atoms with E-state index in [1.54, 1.807) is 0 Å². The maximum absolute atomic E-state index is 12.2. The van der Waals surface area contributed by atoms with Crippen molar-refractivity contribution in [1.29, 1.82) is 0 Å². The van der Waals surface area contributed by atoms with Crippen molar-refractivity contribution in [3.8, 4) is 11.1 Å². The largest absolute Gasteiger partial charge is 0.481 e. The number of aliphatic hydroxyl groups excluding tert-OH is 1. The van der Waals surface area contributed by atoms with E-state index in [9.17, 15) is 19.8 Å². The Balaban J connectivity index is 1.18. The molecular formula is C42H47ClN2O7. The lowest BCUT2D eigenvalue weighted by molar-refractivity contribution is -0.277. The van der Waals surface area contributed by atoms with Gasteiger partial charge >= 0.3 is 5.97 Å². The van der Waals surface area contributed by atoms with Gasteiger partial charge in [-0.15, -0.1) is 0 Å². The van der Waals surface area contributed by atoms with E-state index in [1.807, 2.05) is 91.0 Å². The number of halogens is 1. The Labute approximate surface area is 310 Å². The summed E-state index contributed by atoms with van der Waals surface area (Å²) in [6, 6.07) is 31.5. The second kappa shape index (κ2) is 17.2. The van der Waals surface area contributed by atoms with Crippen LogP contribution in [0.5, 0.6) is 0 Å². The van der Waals surface area contributed by atoms with Crippen molar-refractivity contribution in [3.63, 3.8) is 0 Å². The number of hydrogen-bond donors (Lipinski definition) is 4. The van der Waals surface area contributed by atoms with Crippen LogP contribution in [0.4, 0.5) is 0 Å². The molecule has 0 bridgehead atoms. The van der Waals surface area contributed by atoms with E-state index in [1.165, 1.54) is 0 Å². The third-order valence-corrected chi connectivity index (χ3v) is 10.6. The third-order valence-electron chi connectivity index (χ3n) is 10.3. The van der Waals surface area contributed by atoms with E-state index < -0.39 is 17.9 Å². The quantitative estimate of drug-likeness (QED) is 0.114. The Bertz CT molecular complexity index is 1810. The van der Waals surface area contributed by atoms with E-state index >= 15 is 0 Å². The number of nitrogens with one attached hydrogen (secondary N) is 1. The number of carboxylic acids is 1. The molecular weight excluding hydrogens is 680 g/mol. The predicted octanol–water partition coefficient (Wildman–Crippen LogP) is 7.15. The molecule has 0 spiro atoms. The van der Waals surface area contributed by atoms with Crippen molar-refractivity contribution in [1.82, 2.24) is 10.2 Å². The summed E-state index contributed by atoms with van der Waals surface area (Å²) in [6.45, 7) is 4.61. The molecule has 2 fully saturated rings. The van der Waals surface area contributed by atoms with Gasteiger partial charge in [-0.1, -0.05) is 91.3 Å². The molecule has 4 atom stereocenters. The Hall–Kier alpha value is -4.09. The first-order chi connectivity index (χ1) is 25.1. The van der Waals surface area contributed by atoms with E-state index in [-0.39, 0.29) is 43.5 Å². The highest BCUT2D eigenvalue weighted by molar-refractivity contribution is 6.30. The normalized spacial score (nSPS) is 21.8. The molecule has 9 nitrogen and oxygen atoms in total. The Morgan fingerprint density at radius 1 is 0.865 bits per heavy atom. The summed E-state index contributed by atoms with van der Waals surface area (Å²) in [5.74, 6) is -1.06. The van der Waals surface area contributed by atoms with Crippen molar-refractivity contribution in [2.75, 3.05) is 19.6 Å². The highest BCUT2D eigenvalue weighted by Crippen LogP contribution is 2.43. The number of nitrogens with zero attached hydrogens (tertiary/aromatic N) is 1. The predicted molar refractivity (Wildman–Crippen MR) is 199 cm³/mol. The minimum absolute atomic E-state index is 0.0208. The van der Waals surface area contributed by atoms with Gasteiger partial charge in [0.25, 0.3) is 0 Å². The lowest BCUT2D eigenvalue weighted by Gasteiger charge is -2.45. The van der Waals surface area contributed by atoms with Crippen LogP contribution in [0.1, 0.15) is 79.2 Å². The molecule has 6 rings (SSSR count). The maximum atomic E-state index is 12.2. The van der Waals surface area contributed by atoms with Gasteiger partial charge in [0.15, 0.2) is 6.29 Å². The Kier molecular flexibility index (Phi) is 12.4. The Morgan fingerprint density at radius 2 is 1.56 bits per heavy atom. The number of piperidine rings is 1. The van der Waals surface area contributed by atoms with Gasteiger partial charge in [0.05, 0.1) is 24.4 Å². The average molecular weight is 727 g/mol. The molecule has 52 heavy (non-hydrogen) atoms. The van der Waals surface area contributed by atoms with Crippen LogP contribution in [0.3, 0.4) is 0 Å². The molecule has 4 N–H and O–H groups in total. The fourth-order valence-electron chi connectivity index (χ4n) is 7.15. The summed E-state index contributed by atoms with van der Waals surface area (Å²) in [5, 5.41) is 33.5. The van der Waals surface area contributed by atoms with Crippen LogP contribution in [0.15, 0.2) is 97.1 Å². The van der Waals surface area contributed by atoms with Crippen molar-refractivity contribution in [3.05, 3.63) is 130 Å². The van der Waals surface area contributed by atoms with E-state index in [2.05, 4.69) is 23.2 Å². The number of carboxylic acid groups (broad SMARTS) is 1. The molecule has 0 radical (unpaired) electrons. The van der Waals surface area contributed by atoms with Gasteiger partial charge in [-0.3, -0.25) is 9.59 Å². The van der Waals surface area contributed by atoms with Gasteiger partial charge < -0.3 is 35.0 Å². The first-order valence-electron chi connectivity index (χ1n) is 18.0. The zero-order chi connectivity index (χ0) is 36.7. The average Bonchev–Trinajstić information content (AvgIpc) is 3.16. The fourth-order valence-corrected chi connectivity index (χ4v) is 7.28. The number of benzene rings is 4. The summed E-state index contributed by atoms with van der Waals surface area (Å²) < 4.78 is 13.5. The number of likely N-dealkylation sites (tertiary alicyclic amines) is 1. The Morgan fingerprint density at radius 3 is 2.25 bits per heavy atom. The van der Waals surface area contributed by atoms with Crippen LogP contribution < -0.4 is 5.32 Å². The van der Waals surface area contributed by atoms with Crippen LogP contribution in [0, 0.1) is 5.92 Å². The molecule has 4 aromatic carbocycles. The van der Waals surface area contributed by atoms with Crippen molar-refractivity contribution < 1.29 is 34.4 Å². The van der Waals surface area contributed by atoms with Crippen LogP contribution in [0.25, 0.3) is 11.1 Å². The summed E-state index contributed by atoms with van der Waals surface area (Å²) in [6.07, 6.45) is 0.622. The molecule has 274 valence electrons. The lowest BCUT2D eigenvalue weighted by atomic mass is 9.84. The smallest absolute Gasteiger partial charge is 0.303 e. The zero-order valence-corrected chi connectivity index (χ0v) is 30.2. The third kappa shape index (κ3) is 9.46. The highest BCUT2D eigenvalue weighted by Gasteiger charge is 2.41. The van der Waals surface area contributed by atoms with Gasteiger partial charge in [-0.05, 0) is 76.9 Å². The molecule has 2 saturated heterocycles. The van der Waals surface area contributed by atoms with Crippen LogP contribution in [0.2, 0.25) is 5.02 Å². The number of carbonyl (C=O) groups excluding carboxylic acids is 1. The monoisotopic (exact) mass is 726 g/mol. The number of hydrogen-bond acceptors (Lipinski definition) is 7. The van der Waals surface area contributed by atoms with Crippen molar-refractivity contribution in [2.24, 2.45) is 5.92 Å². The standard InChI is InChI=1S/C42H47ClN2O7/c1-28-37(26-45-21-19-42(50,20-22-45)35-15-17-36(43)18-16-35)51-41(52-40(28)31-13-11-29(27-46)12-14-31)34-8-3-7-33(24-34)32-6-2-5-30(23-32)25-44-38(47)9-4-10-39(48)49/h2-3,5-8,11-18,23-24,28,37,40-41,46,50H,4,9-10,19-22,25-27H2,1H3,(H,44,47)(H,48,49). The highest BCUT2D eigenvalue weighted by atomic mass is 35.5. The summed E-state index contributed by atoms with van der Waals surface area (Å²) in [7, 11) is 0. The molecule has 10 heteroatoms. The molecule has 0 aromatic heterocycles. The van der Waals surface area contributed by atoms with Gasteiger partial charge in [0.2, 0.25) is 5.91 Å². The lowest BCUT2D eigenvalue weighted by Crippen LogP contribution is -2.49. The number of amides is 1. The SMILES string of the molecule is CC1C(CN2CCC(O)(c3ccc(Cl)cc3)CC2)OC(c2cccc(-c3cccc(CNC(=O)CCCC(=O)O)c3)c2)OC1c1ccc(CO)cc1. The summed E-state index contributed by atoms with van der Waals surface area (Å²) in [4.78, 5) is 25.4. The first-order valence-corrected chi connectivity index (χ1v) is 18.4. The molecule has 2 aliphatic heterocycles. The molecule has 4 aromatic rings. The maximum Gasteiger partial charge on any atom is 0.303 e. The molecule has 2 aliphatic rings. The first kappa shape index (κ1) is 37.7. The zero-order valence-electron chi connectivity index (χ0n) is 29.4. The second-order valence-corrected chi connectivity index (χ2v) is 14.4. The van der Waals surface area contributed by atoms with Crippen LogP contribution in [-0.2, 0) is 37.8 Å². The van der Waals surface area contributed by atoms with Gasteiger partial charge in [-0.2, -0.15) is 0 Å². The summed E-state index contributed by atoms with van der Waals surface area (Å²) >= 11 is 6.10. The number of rotatable bonds is 13. The van der Waals surface area contributed by atoms with E-state index in [0.717, 1.165) is 52.0 Å². The van der Waals surface area contributed by atoms with Gasteiger partial charge in [-0.25, -0.2) is 0 Å². The van der Waals surface area contributed by atoms with Crippen LogP contribution in [-0.4, -0.2) is 57.8 Å². The van der Waals surface area contributed by atoms with E-state index in [4.69, 9.17) is 26.2 Å². The molecule has 0 saturated carbocycles. The topological polar surface area (TPSA) is 129 Å². The number of carbonyl (C=O) groups is 2. The molecule has 1 amide bonds.